The van der Waals surface area contributed by atoms with Crippen molar-refractivity contribution in [2.75, 3.05) is 34.8 Å². The van der Waals surface area contributed by atoms with Crippen LogP contribution >= 0.6 is 0 Å². The van der Waals surface area contributed by atoms with E-state index >= 15 is 0 Å². The molecule has 0 heterocycles. The Labute approximate surface area is 144 Å². The van der Waals surface area contributed by atoms with Crippen LogP contribution in [0.5, 0.6) is 0 Å². The van der Waals surface area contributed by atoms with Crippen molar-refractivity contribution in [3.05, 3.63) is 48.5 Å². The van der Waals surface area contributed by atoms with Crippen LogP contribution in [0.4, 0.5) is 22.7 Å². The topological polar surface area (TPSA) is 61.4 Å². The first-order valence-electron chi connectivity index (χ1n) is 8.04. The summed E-state index contributed by atoms with van der Waals surface area (Å²) in [7, 11) is 0.749. The maximum Gasteiger partial charge on any atom is 0.232 e. The highest BCUT2D eigenvalue weighted by atomic mass is 32.2. The number of unbranched alkanes of at least 4 members (excludes halogenated alkanes) is 1. The SMILES string of the molecule is CCCCS(=O)(=O)Nc1ccc(Nc2ccc(N(C)C)cc2)cc1. The Morgan fingerprint density at radius 3 is 1.88 bits per heavy atom. The lowest BCUT2D eigenvalue weighted by molar-refractivity contribution is 0.598. The zero-order chi connectivity index (χ0) is 17.6. The van der Waals surface area contributed by atoms with Crippen LogP contribution in [0.2, 0.25) is 0 Å². The van der Waals surface area contributed by atoms with Crippen LogP contribution in [-0.2, 0) is 10.0 Å². The summed E-state index contributed by atoms with van der Waals surface area (Å²) < 4.78 is 26.4. The number of nitrogens with zero attached hydrogens (tertiary/aromatic N) is 1. The molecule has 0 aliphatic carbocycles. The van der Waals surface area contributed by atoms with E-state index in [-0.39, 0.29) is 5.75 Å². The fraction of sp³-hybridized carbons (Fsp3) is 0.333. The number of sulfonamides is 1. The Kier molecular flexibility index (Phi) is 6.09. The van der Waals surface area contributed by atoms with Gasteiger partial charge in [-0.25, -0.2) is 8.42 Å². The molecule has 0 bridgehead atoms. The third-order valence-electron chi connectivity index (χ3n) is 3.60. The van der Waals surface area contributed by atoms with Crippen molar-refractivity contribution in [3.8, 4) is 0 Å². The van der Waals surface area contributed by atoms with Gasteiger partial charge >= 0.3 is 0 Å². The molecule has 0 atom stereocenters. The van der Waals surface area contributed by atoms with E-state index in [9.17, 15) is 8.42 Å². The van der Waals surface area contributed by atoms with Crippen molar-refractivity contribution >= 4 is 32.8 Å². The first-order chi connectivity index (χ1) is 11.4. The molecule has 2 aromatic carbocycles. The first-order valence-corrected chi connectivity index (χ1v) is 9.70. The molecule has 0 aliphatic heterocycles. The summed E-state index contributed by atoms with van der Waals surface area (Å²) in [6, 6.07) is 15.3. The molecule has 2 N–H and O–H groups in total. The van der Waals surface area contributed by atoms with Gasteiger partial charge in [0.2, 0.25) is 10.0 Å². The second-order valence-corrected chi connectivity index (χ2v) is 7.76. The van der Waals surface area contributed by atoms with Crippen molar-refractivity contribution in [1.82, 2.24) is 0 Å². The van der Waals surface area contributed by atoms with Crippen molar-refractivity contribution in [2.24, 2.45) is 0 Å². The summed E-state index contributed by atoms with van der Waals surface area (Å²) in [5.74, 6) is 0.154. The Hall–Kier alpha value is -2.21. The second-order valence-electron chi connectivity index (χ2n) is 5.92. The lowest BCUT2D eigenvalue weighted by Gasteiger charge is -2.13. The standard InChI is InChI=1S/C18H25N3O2S/c1-4-5-14-24(22,23)20-17-8-6-15(7-9-17)19-16-10-12-18(13-11-16)21(2)3/h6-13,19-20H,4-5,14H2,1-3H3. The lowest BCUT2D eigenvalue weighted by Crippen LogP contribution is -2.16. The highest BCUT2D eigenvalue weighted by Gasteiger charge is 2.09. The van der Waals surface area contributed by atoms with Crippen molar-refractivity contribution in [2.45, 2.75) is 19.8 Å². The van der Waals surface area contributed by atoms with Gasteiger partial charge in [-0.3, -0.25) is 4.72 Å². The van der Waals surface area contributed by atoms with Crippen LogP contribution in [0.3, 0.4) is 0 Å². The van der Waals surface area contributed by atoms with Gasteiger partial charge < -0.3 is 10.2 Å². The van der Waals surface area contributed by atoms with Gasteiger partial charge in [0.1, 0.15) is 0 Å². The first kappa shape index (κ1) is 18.1. The van der Waals surface area contributed by atoms with Gasteiger partial charge in [0, 0.05) is 36.8 Å². The molecule has 0 aliphatic rings. The zero-order valence-electron chi connectivity index (χ0n) is 14.4. The van der Waals surface area contributed by atoms with E-state index in [1.54, 1.807) is 12.1 Å². The molecule has 0 amide bonds. The molecule has 0 unspecified atom stereocenters. The van der Waals surface area contributed by atoms with Gasteiger partial charge in [0.15, 0.2) is 0 Å². The van der Waals surface area contributed by atoms with Gasteiger partial charge in [-0.15, -0.1) is 0 Å². The number of rotatable bonds is 8. The summed E-state index contributed by atoms with van der Waals surface area (Å²) in [6.45, 7) is 1.97. The maximum atomic E-state index is 11.9. The van der Waals surface area contributed by atoms with E-state index < -0.39 is 10.0 Å². The van der Waals surface area contributed by atoms with E-state index in [1.807, 2.05) is 62.3 Å². The largest absolute Gasteiger partial charge is 0.378 e. The molecular weight excluding hydrogens is 322 g/mol. The maximum absolute atomic E-state index is 11.9. The minimum atomic E-state index is -3.26. The predicted molar refractivity (Wildman–Crippen MR) is 103 cm³/mol. The summed E-state index contributed by atoms with van der Waals surface area (Å²) in [5.41, 5.74) is 3.61. The van der Waals surface area contributed by atoms with Gasteiger partial charge in [-0.05, 0) is 55.0 Å². The molecular formula is C18H25N3O2S. The normalized spacial score (nSPS) is 11.1. The van der Waals surface area contributed by atoms with Gasteiger partial charge in [0.05, 0.1) is 5.75 Å². The smallest absolute Gasteiger partial charge is 0.232 e. The van der Waals surface area contributed by atoms with Crippen LogP contribution < -0.4 is 14.9 Å². The highest BCUT2D eigenvalue weighted by Crippen LogP contribution is 2.22. The van der Waals surface area contributed by atoms with Crippen LogP contribution in [0, 0.1) is 0 Å². The second kappa shape index (κ2) is 8.06. The Bertz CT molecular complexity index is 739. The molecule has 0 spiro atoms. The van der Waals surface area contributed by atoms with Crippen LogP contribution in [0.25, 0.3) is 0 Å². The highest BCUT2D eigenvalue weighted by molar-refractivity contribution is 7.92. The summed E-state index contributed by atoms with van der Waals surface area (Å²) in [6.07, 6.45) is 1.52. The van der Waals surface area contributed by atoms with Crippen LogP contribution in [0.15, 0.2) is 48.5 Å². The summed E-state index contributed by atoms with van der Waals surface area (Å²) in [4.78, 5) is 2.04. The number of hydrogen-bond acceptors (Lipinski definition) is 4. The Morgan fingerprint density at radius 2 is 1.38 bits per heavy atom. The van der Waals surface area contributed by atoms with Gasteiger partial charge in [-0.2, -0.15) is 0 Å². The molecule has 0 aromatic heterocycles. The van der Waals surface area contributed by atoms with Crippen LogP contribution in [0.1, 0.15) is 19.8 Å². The summed E-state index contributed by atoms with van der Waals surface area (Å²) >= 11 is 0. The molecule has 130 valence electrons. The van der Waals surface area contributed by atoms with E-state index in [1.165, 1.54) is 0 Å². The molecule has 0 radical (unpaired) electrons. The average molecular weight is 347 g/mol. The molecule has 2 aromatic rings. The number of benzene rings is 2. The minimum absolute atomic E-state index is 0.154. The summed E-state index contributed by atoms with van der Waals surface area (Å²) in [5, 5.41) is 3.30. The number of hydrogen-bond donors (Lipinski definition) is 2. The van der Waals surface area contributed by atoms with Gasteiger partial charge in [0.25, 0.3) is 0 Å². The monoisotopic (exact) mass is 347 g/mol. The minimum Gasteiger partial charge on any atom is -0.378 e. The third kappa shape index (κ3) is 5.45. The Balaban J connectivity index is 1.99. The average Bonchev–Trinajstić information content (AvgIpc) is 2.55. The van der Waals surface area contributed by atoms with Crippen molar-refractivity contribution in [3.63, 3.8) is 0 Å². The predicted octanol–water partition coefficient (Wildman–Crippen LogP) is 4.04. The number of nitrogens with one attached hydrogen (secondary N) is 2. The lowest BCUT2D eigenvalue weighted by atomic mass is 10.2. The van der Waals surface area contributed by atoms with Gasteiger partial charge in [-0.1, -0.05) is 13.3 Å². The molecule has 6 heteroatoms. The number of anilines is 4. The third-order valence-corrected chi connectivity index (χ3v) is 4.97. The fourth-order valence-corrected chi connectivity index (χ4v) is 3.46. The molecule has 0 saturated heterocycles. The molecule has 2 rings (SSSR count). The van der Waals surface area contributed by atoms with Crippen molar-refractivity contribution in [1.29, 1.82) is 0 Å². The molecule has 5 nitrogen and oxygen atoms in total. The van der Waals surface area contributed by atoms with E-state index in [4.69, 9.17) is 0 Å². The van der Waals surface area contributed by atoms with Crippen LogP contribution in [-0.4, -0.2) is 28.3 Å². The van der Waals surface area contributed by atoms with E-state index in [2.05, 4.69) is 10.0 Å². The fourth-order valence-electron chi connectivity index (χ4n) is 2.20. The van der Waals surface area contributed by atoms with Crippen molar-refractivity contribution < 1.29 is 8.42 Å². The Morgan fingerprint density at radius 1 is 0.875 bits per heavy atom. The van der Waals surface area contributed by atoms with E-state index in [0.717, 1.165) is 23.5 Å². The zero-order valence-corrected chi connectivity index (χ0v) is 15.2. The quantitative estimate of drug-likeness (QED) is 0.756. The molecule has 0 fully saturated rings. The molecule has 0 saturated carbocycles. The molecule has 24 heavy (non-hydrogen) atoms. The van der Waals surface area contributed by atoms with E-state index in [0.29, 0.717) is 12.1 Å².